The fraction of sp³-hybridized carbons (Fsp3) is 0.538. The molecule has 0 atom stereocenters. The average Bonchev–Trinajstić information content (AvgIpc) is 2.34. The van der Waals surface area contributed by atoms with Gasteiger partial charge < -0.3 is 15.8 Å². The van der Waals surface area contributed by atoms with Gasteiger partial charge in [0.05, 0.1) is 7.11 Å². The molecule has 0 aliphatic rings. The minimum Gasteiger partial charge on any atom is -0.496 e. The van der Waals surface area contributed by atoms with E-state index in [1.54, 1.807) is 7.11 Å². The highest BCUT2D eigenvalue weighted by molar-refractivity contribution is 5.37. The number of nitrogens with two attached hydrogens (primary N) is 1. The number of aryl methyl sites for hydroxylation is 1. The number of nitrogens with one attached hydrogen (secondary N) is 1. The second kappa shape index (κ2) is 7.25. The van der Waals surface area contributed by atoms with Crippen molar-refractivity contribution >= 4 is 0 Å². The molecule has 0 unspecified atom stereocenters. The molecule has 0 bridgehead atoms. The molecular formula is C13H22N2O. The summed E-state index contributed by atoms with van der Waals surface area (Å²) in [5, 5.41) is 3.29. The predicted octanol–water partition coefficient (Wildman–Crippen LogP) is 1.35. The van der Waals surface area contributed by atoms with Gasteiger partial charge >= 0.3 is 0 Å². The molecule has 0 saturated carbocycles. The van der Waals surface area contributed by atoms with Crippen molar-refractivity contribution in [3.63, 3.8) is 0 Å². The van der Waals surface area contributed by atoms with Crippen LogP contribution in [-0.4, -0.2) is 26.7 Å². The first-order valence-corrected chi connectivity index (χ1v) is 5.88. The summed E-state index contributed by atoms with van der Waals surface area (Å²) in [5.41, 5.74) is 8.04. The Balaban J connectivity index is 2.54. The zero-order valence-electron chi connectivity index (χ0n) is 10.3. The van der Waals surface area contributed by atoms with Crippen LogP contribution in [0.5, 0.6) is 5.75 Å². The molecule has 0 fully saturated rings. The van der Waals surface area contributed by atoms with E-state index in [0.29, 0.717) is 6.54 Å². The van der Waals surface area contributed by atoms with Gasteiger partial charge in [-0.1, -0.05) is 19.1 Å². The van der Waals surface area contributed by atoms with Crippen molar-refractivity contribution < 1.29 is 4.74 Å². The van der Waals surface area contributed by atoms with E-state index in [1.807, 2.05) is 0 Å². The van der Waals surface area contributed by atoms with Crippen LogP contribution in [0.2, 0.25) is 0 Å². The maximum Gasteiger partial charge on any atom is 0.122 e. The van der Waals surface area contributed by atoms with E-state index in [-0.39, 0.29) is 0 Å². The van der Waals surface area contributed by atoms with Gasteiger partial charge in [0.25, 0.3) is 0 Å². The lowest BCUT2D eigenvalue weighted by molar-refractivity contribution is 0.410. The molecule has 16 heavy (non-hydrogen) atoms. The van der Waals surface area contributed by atoms with Crippen molar-refractivity contribution in [2.45, 2.75) is 19.8 Å². The number of rotatable bonds is 7. The van der Waals surface area contributed by atoms with Crippen LogP contribution in [-0.2, 0) is 12.8 Å². The Labute approximate surface area is 98.0 Å². The minimum atomic E-state index is 0.697. The molecule has 3 N–H and O–H groups in total. The molecule has 0 aliphatic carbocycles. The van der Waals surface area contributed by atoms with Gasteiger partial charge in [0, 0.05) is 13.1 Å². The highest BCUT2D eigenvalue weighted by Crippen LogP contribution is 2.20. The molecule has 0 saturated heterocycles. The lowest BCUT2D eigenvalue weighted by Crippen LogP contribution is -2.24. The fourth-order valence-corrected chi connectivity index (χ4v) is 1.72. The Bertz CT molecular complexity index is 313. The minimum absolute atomic E-state index is 0.697. The summed E-state index contributed by atoms with van der Waals surface area (Å²) in [6.07, 6.45) is 2.05. The third-order valence-corrected chi connectivity index (χ3v) is 2.64. The van der Waals surface area contributed by atoms with E-state index in [4.69, 9.17) is 10.5 Å². The molecule has 0 aromatic heterocycles. The zero-order valence-corrected chi connectivity index (χ0v) is 10.3. The normalized spacial score (nSPS) is 10.4. The summed E-state index contributed by atoms with van der Waals surface area (Å²) in [6.45, 7) is 4.71. The van der Waals surface area contributed by atoms with E-state index in [9.17, 15) is 0 Å². The molecule has 0 amide bonds. The molecule has 0 aliphatic heterocycles. The molecule has 90 valence electrons. The number of hydrogen-bond acceptors (Lipinski definition) is 3. The summed E-state index contributed by atoms with van der Waals surface area (Å²) in [7, 11) is 1.72. The lowest BCUT2D eigenvalue weighted by atomic mass is 10.1. The van der Waals surface area contributed by atoms with Gasteiger partial charge in [-0.3, -0.25) is 0 Å². The van der Waals surface area contributed by atoms with Gasteiger partial charge in [-0.05, 0) is 36.6 Å². The van der Waals surface area contributed by atoms with Gasteiger partial charge in [-0.2, -0.15) is 0 Å². The summed E-state index contributed by atoms with van der Waals surface area (Å²) >= 11 is 0. The molecule has 1 rings (SSSR count). The van der Waals surface area contributed by atoms with Crippen LogP contribution in [0, 0.1) is 0 Å². The van der Waals surface area contributed by atoms with E-state index < -0.39 is 0 Å². The Hall–Kier alpha value is -1.06. The van der Waals surface area contributed by atoms with E-state index in [0.717, 1.165) is 31.7 Å². The van der Waals surface area contributed by atoms with Gasteiger partial charge in [-0.15, -0.1) is 0 Å². The maximum atomic E-state index is 5.41. The van der Waals surface area contributed by atoms with Gasteiger partial charge in [0.15, 0.2) is 0 Å². The Morgan fingerprint density at radius 2 is 2.12 bits per heavy atom. The first-order chi connectivity index (χ1) is 7.81. The quantitative estimate of drug-likeness (QED) is 0.685. The SMILES string of the molecule is CCc1cc(CCNCCN)ccc1OC. The van der Waals surface area contributed by atoms with Crippen LogP contribution in [0.15, 0.2) is 18.2 Å². The number of methoxy groups -OCH3 is 1. The van der Waals surface area contributed by atoms with E-state index in [1.165, 1.54) is 11.1 Å². The van der Waals surface area contributed by atoms with Crippen molar-refractivity contribution in [3.8, 4) is 5.75 Å². The van der Waals surface area contributed by atoms with Crippen LogP contribution in [0.4, 0.5) is 0 Å². The van der Waals surface area contributed by atoms with Crippen LogP contribution >= 0.6 is 0 Å². The second-order valence-corrected chi connectivity index (χ2v) is 3.79. The van der Waals surface area contributed by atoms with Crippen molar-refractivity contribution in [1.29, 1.82) is 0 Å². The highest BCUT2D eigenvalue weighted by Gasteiger charge is 2.02. The van der Waals surface area contributed by atoms with Gasteiger partial charge in [-0.25, -0.2) is 0 Å². The molecule has 0 heterocycles. The molecule has 3 heteroatoms. The first kappa shape index (κ1) is 13.0. The van der Waals surface area contributed by atoms with Crippen LogP contribution in [0.1, 0.15) is 18.1 Å². The molecule has 1 aromatic carbocycles. The van der Waals surface area contributed by atoms with Crippen molar-refractivity contribution in [3.05, 3.63) is 29.3 Å². The van der Waals surface area contributed by atoms with E-state index >= 15 is 0 Å². The number of benzene rings is 1. The second-order valence-electron chi connectivity index (χ2n) is 3.79. The van der Waals surface area contributed by atoms with Crippen molar-refractivity contribution in [2.24, 2.45) is 5.73 Å². The number of ether oxygens (including phenoxy) is 1. The number of hydrogen-bond donors (Lipinski definition) is 2. The Morgan fingerprint density at radius 3 is 2.75 bits per heavy atom. The first-order valence-electron chi connectivity index (χ1n) is 5.88. The summed E-state index contributed by atoms with van der Waals surface area (Å²) < 4.78 is 5.30. The van der Waals surface area contributed by atoms with Crippen LogP contribution in [0.3, 0.4) is 0 Å². The van der Waals surface area contributed by atoms with Crippen LogP contribution in [0.25, 0.3) is 0 Å². The molecule has 0 radical (unpaired) electrons. The molecule has 1 aromatic rings. The Kier molecular flexibility index (Phi) is 5.90. The van der Waals surface area contributed by atoms with E-state index in [2.05, 4.69) is 30.4 Å². The topological polar surface area (TPSA) is 47.3 Å². The zero-order chi connectivity index (χ0) is 11.8. The van der Waals surface area contributed by atoms with Crippen molar-refractivity contribution in [2.75, 3.05) is 26.7 Å². The van der Waals surface area contributed by atoms with Gasteiger partial charge in [0.2, 0.25) is 0 Å². The van der Waals surface area contributed by atoms with Crippen molar-refractivity contribution in [1.82, 2.24) is 5.32 Å². The third kappa shape index (κ3) is 3.83. The predicted molar refractivity (Wildman–Crippen MR) is 68.0 cm³/mol. The standard InChI is InChI=1S/C13H22N2O/c1-3-12-10-11(4-5-13(12)16-2)6-8-15-9-7-14/h4-5,10,15H,3,6-9,14H2,1-2H3. The molecule has 0 spiro atoms. The van der Waals surface area contributed by atoms with Crippen LogP contribution < -0.4 is 15.8 Å². The maximum absolute atomic E-state index is 5.41. The van der Waals surface area contributed by atoms with Gasteiger partial charge in [0.1, 0.15) is 5.75 Å². The summed E-state index contributed by atoms with van der Waals surface area (Å²) in [5.74, 6) is 0.987. The lowest BCUT2D eigenvalue weighted by Gasteiger charge is -2.09. The molecular weight excluding hydrogens is 200 g/mol. The average molecular weight is 222 g/mol. The smallest absolute Gasteiger partial charge is 0.122 e. The highest BCUT2D eigenvalue weighted by atomic mass is 16.5. The molecule has 3 nitrogen and oxygen atoms in total. The summed E-state index contributed by atoms with van der Waals surface area (Å²) in [6, 6.07) is 6.40. The third-order valence-electron chi connectivity index (χ3n) is 2.64. The fourth-order valence-electron chi connectivity index (χ4n) is 1.72. The monoisotopic (exact) mass is 222 g/mol. The largest absolute Gasteiger partial charge is 0.496 e. The Morgan fingerprint density at radius 1 is 1.31 bits per heavy atom. The summed E-state index contributed by atoms with van der Waals surface area (Å²) in [4.78, 5) is 0.